The number of nitrogens with zero attached hydrogens (tertiary/aromatic N) is 4. The summed E-state index contributed by atoms with van der Waals surface area (Å²) < 4.78 is 16.6. The fraction of sp³-hybridized carbons (Fsp3) is 0.389. The summed E-state index contributed by atoms with van der Waals surface area (Å²) in [6, 6.07) is 5.08. The van der Waals surface area contributed by atoms with E-state index in [1.807, 2.05) is 0 Å². The van der Waals surface area contributed by atoms with Gasteiger partial charge < -0.3 is 14.0 Å². The second-order valence-corrected chi connectivity index (χ2v) is 7.60. The largest absolute Gasteiger partial charge is 0.494 e. The number of rotatable bonds is 6. The van der Waals surface area contributed by atoms with Crippen molar-refractivity contribution in [1.82, 2.24) is 15.0 Å². The number of halogens is 1. The molecule has 0 spiro atoms. The van der Waals surface area contributed by atoms with E-state index in [1.54, 1.807) is 30.2 Å². The topological polar surface area (TPSA) is 80.9 Å². The van der Waals surface area contributed by atoms with Crippen molar-refractivity contribution < 1.29 is 18.8 Å². The third kappa shape index (κ3) is 3.83. The molecule has 3 aromatic rings. The highest BCUT2D eigenvalue weighted by Crippen LogP contribution is 2.39. The Labute approximate surface area is 170 Å². The minimum Gasteiger partial charge on any atom is -0.494 e. The van der Waals surface area contributed by atoms with E-state index in [0.717, 1.165) is 17.8 Å². The maximum Gasteiger partial charge on any atom is 0.298 e. The molecule has 1 amide bonds. The van der Waals surface area contributed by atoms with Crippen LogP contribution in [0, 0.1) is 0 Å². The van der Waals surface area contributed by atoms with Crippen LogP contribution in [0.1, 0.15) is 10.6 Å². The van der Waals surface area contributed by atoms with E-state index in [4.69, 9.17) is 25.6 Å². The Hall–Kier alpha value is -2.20. The highest BCUT2D eigenvalue weighted by molar-refractivity contribution is 7.23. The van der Waals surface area contributed by atoms with Crippen LogP contribution in [-0.4, -0.2) is 67.5 Å². The van der Waals surface area contributed by atoms with Crippen LogP contribution in [0.3, 0.4) is 0 Å². The number of hydrogen-bond donors (Lipinski definition) is 0. The van der Waals surface area contributed by atoms with Crippen LogP contribution in [0.4, 0.5) is 5.13 Å². The van der Waals surface area contributed by atoms with Crippen LogP contribution in [0.25, 0.3) is 10.2 Å². The van der Waals surface area contributed by atoms with Crippen LogP contribution in [-0.2, 0) is 4.74 Å². The fourth-order valence-electron chi connectivity index (χ4n) is 3.03. The molecule has 1 fully saturated rings. The van der Waals surface area contributed by atoms with E-state index < -0.39 is 0 Å². The highest BCUT2D eigenvalue weighted by Gasteiger charge is 2.26. The van der Waals surface area contributed by atoms with Crippen molar-refractivity contribution in [2.75, 3.05) is 51.4 Å². The molecular weight excluding hydrogens is 404 g/mol. The molecule has 0 aliphatic carbocycles. The fourth-order valence-corrected chi connectivity index (χ4v) is 4.31. The molecule has 10 heteroatoms. The van der Waals surface area contributed by atoms with Gasteiger partial charge in [-0.3, -0.25) is 14.6 Å². The quantitative estimate of drug-likeness (QED) is 0.604. The second kappa shape index (κ2) is 8.44. The number of morpholine rings is 1. The van der Waals surface area contributed by atoms with Gasteiger partial charge in [-0.2, -0.15) is 0 Å². The monoisotopic (exact) mass is 422 g/mol. The Kier molecular flexibility index (Phi) is 5.77. The van der Waals surface area contributed by atoms with Gasteiger partial charge in [-0.15, -0.1) is 0 Å². The van der Waals surface area contributed by atoms with E-state index in [1.165, 1.54) is 17.5 Å². The summed E-state index contributed by atoms with van der Waals surface area (Å²) in [5.74, 6) is 0.487. The lowest BCUT2D eigenvalue weighted by atomic mass is 10.3. The van der Waals surface area contributed by atoms with Gasteiger partial charge in [-0.25, -0.2) is 4.98 Å². The molecule has 1 saturated heterocycles. The summed E-state index contributed by atoms with van der Waals surface area (Å²) in [5.41, 5.74) is 0.636. The van der Waals surface area contributed by atoms with Gasteiger partial charge in [0.05, 0.1) is 36.2 Å². The van der Waals surface area contributed by atoms with E-state index in [0.29, 0.717) is 47.7 Å². The first-order valence-electron chi connectivity index (χ1n) is 8.83. The maximum absolute atomic E-state index is 13.0. The van der Waals surface area contributed by atoms with Crippen LogP contribution >= 0.6 is 22.9 Å². The summed E-state index contributed by atoms with van der Waals surface area (Å²) in [5, 5.41) is 4.75. The Balaban J connectivity index is 1.67. The summed E-state index contributed by atoms with van der Waals surface area (Å²) >= 11 is 7.69. The van der Waals surface area contributed by atoms with E-state index >= 15 is 0 Å². The van der Waals surface area contributed by atoms with Gasteiger partial charge in [0.25, 0.3) is 5.91 Å². The van der Waals surface area contributed by atoms with Crippen molar-refractivity contribution in [2.45, 2.75) is 0 Å². The van der Waals surface area contributed by atoms with Crippen molar-refractivity contribution in [3.05, 3.63) is 35.2 Å². The Bertz CT molecular complexity index is 956. The molecule has 1 aliphatic heterocycles. The predicted molar refractivity (Wildman–Crippen MR) is 107 cm³/mol. The molecule has 4 rings (SSSR count). The lowest BCUT2D eigenvalue weighted by molar-refractivity contribution is 0.0390. The summed E-state index contributed by atoms with van der Waals surface area (Å²) in [7, 11) is 1.58. The molecule has 0 atom stereocenters. The van der Waals surface area contributed by atoms with Crippen LogP contribution < -0.4 is 9.64 Å². The zero-order valence-electron chi connectivity index (χ0n) is 15.3. The van der Waals surface area contributed by atoms with Gasteiger partial charge >= 0.3 is 0 Å². The van der Waals surface area contributed by atoms with Gasteiger partial charge in [0, 0.05) is 32.2 Å². The number of anilines is 1. The first-order chi connectivity index (χ1) is 13.7. The first kappa shape index (κ1) is 19.1. The second-order valence-electron chi connectivity index (χ2n) is 6.21. The average Bonchev–Trinajstić information content (AvgIpc) is 3.40. The van der Waals surface area contributed by atoms with Gasteiger partial charge in [0.2, 0.25) is 5.76 Å². The zero-order valence-corrected chi connectivity index (χ0v) is 16.8. The number of hydrogen-bond acceptors (Lipinski definition) is 8. The molecule has 2 aromatic heterocycles. The number of aromatic nitrogens is 2. The van der Waals surface area contributed by atoms with Gasteiger partial charge in [-0.05, 0) is 12.1 Å². The third-order valence-corrected chi connectivity index (χ3v) is 6.07. The normalized spacial score (nSPS) is 15.1. The molecule has 28 heavy (non-hydrogen) atoms. The number of amides is 1. The summed E-state index contributed by atoms with van der Waals surface area (Å²) in [6.07, 6.45) is 1.45. The summed E-state index contributed by atoms with van der Waals surface area (Å²) in [6.45, 7) is 4.23. The molecule has 1 aliphatic rings. The Morgan fingerprint density at radius 3 is 2.89 bits per heavy atom. The molecule has 0 N–H and O–H groups in total. The number of benzene rings is 1. The minimum atomic E-state index is -0.292. The molecule has 8 nitrogen and oxygen atoms in total. The Morgan fingerprint density at radius 1 is 1.36 bits per heavy atom. The lowest BCUT2D eigenvalue weighted by Gasteiger charge is -2.28. The molecule has 3 heterocycles. The molecule has 0 radical (unpaired) electrons. The van der Waals surface area contributed by atoms with Gasteiger partial charge in [0.15, 0.2) is 5.13 Å². The number of ether oxygens (including phenoxy) is 2. The maximum atomic E-state index is 13.0. The van der Waals surface area contributed by atoms with E-state index in [-0.39, 0.29) is 11.7 Å². The number of carbonyl (C=O) groups is 1. The van der Waals surface area contributed by atoms with E-state index in [2.05, 4.69) is 15.0 Å². The SMILES string of the molecule is COc1ccc(Cl)c2sc(N(CCN3CCOCC3)C(=O)c3ccno3)nc12. The molecule has 148 valence electrons. The first-order valence-corrected chi connectivity index (χ1v) is 10.0. The molecule has 0 bridgehead atoms. The van der Waals surface area contributed by atoms with Crippen molar-refractivity contribution in [1.29, 1.82) is 0 Å². The van der Waals surface area contributed by atoms with Crippen LogP contribution in [0.5, 0.6) is 5.75 Å². The van der Waals surface area contributed by atoms with Crippen molar-refractivity contribution in [3.63, 3.8) is 0 Å². The van der Waals surface area contributed by atoms with E-state index in [9.17, 15) is 4.79 Å². The standard InChI is InChI=1S/C18H19ClN4O4S/c1-25-13-3-2-12(19)16-15(13)21-18(28-16)23(17(24)14-4-5-20-27-14)7-6-22-8-10-26-11-9-22/h2-5H,6-11H2,1H3. The number of carbonyl (C=O) groups excluding carboxylic acids is 1. The lowest BCUT2D eigenvalue weighted by Crippen LogP contribution is -2.43. The zero-order chi connectivity index (χ0) is 19.5. The minimum absolute atomic E-state index is 0.166. The highest BCUT2D eigenvalue weighted by atomic mass is 35.5. The number of methoxy groups -OCH3 is 1. The number of thiazole rings is 1. The van der Waals surface area contributed by atoms with Gasteiger partial charge in [-0.1, -0.05) is 28.1 Å². The van der Waals surface area contributed by atoms with Crippen molar-refractivity contribution >= 4 is 44.2 Å². The van der Waals surface area contributed by atoms with Gasteiger partial charge in [0.1, 0.15) is 11.3 Å². The summed E-state index contributed by atoms with van der Waals surface area (Å²) in [4.78, 5) is 21.6. The predicted octanol–water partition coefficient (Wildman–Crippen LogP) is 2.93. The van der Waals surface area contributed by atoms with Crippen molar-refractivity contribution in [2.24, 2.45) is 0 Å². The molecule has 0 unspecified atom stereocenters. The third-order valence-electron chi connectivity index (χ3n) is 4.54. The molecular formula is C18H19ClN4O4S. The average molecular weight is 423 g/mol. The smallest absolute Gasteiger partial charge is 0.298 e. The molecule has 0 saturated carbocycles. The number of fused-ring (bicyclic) bond motifs is 1. The van der Waals surface area contributed by atoms with Crippen LogP contribution in [0.2, 0.25) is 5.02 Å². The molecule has 1 aromatic carbocycles. The van der Waals surface area contributed by atoms with Crippen molar-refractivity contribution in [3.8, 4) is 5.75 Å². The Morgan fingerprint density at radius 2 is 2.18 bits per heavy atom. The van der Waals surface area contributed by atoms with Crippen LogP contribution in [0.15, 0.2) is 28.9 Å².